The summed E-state index contributed by atoms with van der Waals surface area (Å²) in [6.45, 7) is 2.62. The van der Waals surface area contributed by atoms with Crippen LogP contribution in [-0.4, -0.2) is 47.2 Å². The highest BCUT2D eigenvalue weighted by molar-refractivity contribution is 6.26. The van der Waals surface area contributed by atoms with E-state index in [4.69, 9.17) is 4.74 Å². The molecule has 4 unspecified atom stereocenters. The molecule has 3 amide bonds. The van der Waals surface area contributed by atoms with Crippen LogP contribution < -0.4 is 15.0 Å². The second-order valence-corrected chi connectivity index (χ2v) is 9.45. The summed E-state index contributed by atoms with van der Waals surface area (Å²) in [5, 5.41) is 14.5. The molecule has 6 rings (SSSR count). The monoisotopic (exact) mass is 476 g/mol. The second kappa shape index (κ2) is 7.35. The lowest BCUT2D eigenvalue weighted by molar-refractivity contribution is -0.384. The Bertz CT molecular complexity index is 1330. The van der Waals surface area contributed by atoms with Crippen LogP contribution in [0, 0.1) is 22.0 Å². The molecule has 2 aromatic rings. The van der Waals surface area contributed by atoms with Crippen LogP contribution in [0.15, 0.2) is 36.4 Å². The molecule has 4 atom stereocenters. The number of hydrogen-bond donors (Lipinski definition) is 1. The Morgan fingerprint density at radius 2 is 2.00 bits per heavy atom. The molecule has 35 heavy (non-hydrogen) atoms. The molecule has 10 heteroatoms. The van der Waals surface area contributed by atoms with Crippen molar-refractivity contribution in [3.05, 3.63) is 57.6 Å². The lowest BCUT2D eigenvalue weighted by Gasteiger charge is -2.36. The highest BCUT2D eigenvalue weighted by Crippen LogP contribution is 2.61. The zero-order valence-electron chi connectivity index (χ0n) is 19.3. The van der Waals surface area contributed by atoms with E-state index in [-0.39, 0.29) is 29.1 Å². The van der Waals surface area contributed by atoms with Gasteiger partial charge in [0.05, 0.1) is 23.9 Å². The lowest BCUT2D eigenvalue weighted by Crippen LogP contribution is -2.54. The summed E-state index contributed by atoms with van der Waals surface area (Å²) in [6.07, 6.45) is 2.21. The number of imide groups is 1. The van der Waals surface area contributed by atoms with Gasteiger partial charge in [-0.2, -0.15) is 0 Å². The Morgan fingerprint density at radius 1 is 1.20 bits per heavy atom. The maximum absolute atomic E-state index is 14.1. The number of nitrogens with zero attached hydrogens (tertiary/aromatic N) is 3. The van der Waals surface area contributed by atoms with Gasteiger partial charge < -0.3 is 10.1 Å². The Labute approximate surface area is 201 Å². The minimum absolute atomic E-state index is 0.0340. The number of para-hydroxylation sites is 1. The largest absolute Gasteiger partial charge is 0.495 e. The molecular weight excluding hydrogens is 452 g/mol. The Balaban J connectivity index is 1.55. The topological polar surface area (TPSA) is 122 Å². The minimum atomic E-state index is -1.29. The zero-order chi connectivity index (χ0) is 24.6. The van der Waals surface area contributed by atoms with Crippen molar-refractivity contribution in [2.24, 2.45) is 11.8 Å². The average Bonchev–Trinajstić information content (AvgIpc) is 3.56. The van der Waals surface area contributed by atoms with Gasteiger partial charge >= 0.3 is 0 Å². The molecule has 0 radical (unpaired) electrons. The van der Waals surface area contributed by atoms with E-state index < -0.39 is 34.1 Å². The van der Waals surface area contributed by atoms with E-state index in [1.807, 2.05) is 25.1 Å². The maximum Gasteiger partial charge on any atom is 0.271 e. The third-order valence-corrected chi connectivity index (χ3v) is 8.11. The van der Waals surface area contributed by atoms with Gasteiger partial charge in [-0.15, -0.1) is 0 Å². The Hall–Kier alpha value is -3.79. The molecule has 4 heterocycles. The molecule has 0 aliphatic carbocycles. The van der Waals surface area contributed by atoms with Gasteiger partial charge in [0.1, 0.15) is 17.0 Å². The van der Waals surface area contributed by atoms with Gasteiger partial charge in [0, 0.05) is 29.4 Å². The molecule has 1 spiro atoms. The lowest BCUT2D eigenvalue weighted by atomic mass is 9.75. The quantitative estimate of drug-likeness (QED) is 0.409. The van der Waals surface area contributed by atoms with Crippen LogP contribution in [0.1, 0.15) is 30.9 Å². The molecule has 10 nitrogen and oxygen atoms in total. The third kappa shape index (κ3) is 2.54. The van der Waals surface area contributed by atoms with Crippen molar-refractivity contribution in [2.45, 2.75) is 37.8 Å². The fourth-order valence-corrected chi connectivity index (χ4v) is 6.79. The molecule has 4 aliphatic heterocycles. The molecule has 3 saturated heterocycles. The fraction of sp³-hybridized carbons (Fsp3) is 0.400. The molecular formula is C25H24N4O6. The molecule has 3 fully saturated rings. The third-order valence-electron chi connectivity index (χ3n) is 8.11. The molecule has 1 N–H and O–H groups in total. The van der Waals surface area contributed by atoms with Crippen LogP contribution in [-0.2, 0) is 26.3 Å². The summed E-state index contributed by atoms with van der Waals surface area (Å²) in [7, 11) is 1.38. The van der Waals surface area contributed by atoms with Crippen molar-refractivity contribution < 1.29 is 24.0 Å². The first-order valence-electron chi connectivity index (χ1n) is 11.8. The molecule has 4 aliphatic rings. The van der Waals surface area contributed by atoms with Crippen LogP contribution in [0.5, 0.6) is 5.75 Å². The van der Waals surface area contributed by atoms with E-state index in [0.717, 1.165) is 28.1 Å². The van der Waals surface area contributed by atoms with E-state index in [9.17, 15) is 24.5 Å². The van der Waals surface area contributed by atoms with Crippen LogP contribution in [0.25, 0.3) is 0 Å². The number of carbonyl (C=O) groups excluding carboxylic acids is 3. The first-order valence-corrected chi connectivity index (χ1v) is 11.8. The van der Waals surface area contributed by atoms with E-state index in [1.54, 1.807) is 0 Å². The number of non-ortho nitro benzene ring substituents is 1. The number of rotatable bonds is 4. The van der Waals surface area contributed by atoms with Gasteiger partial charge in [0.25, 0.3) is 5.69 Å². The number of methoxy groups -OCH3 is 1. The number of benzene rings is 2. The normalized spacial score (nSPS) is 28.9. The van der Waals surface area contributed by atoms with Crippen molar-refractivity contribution in [2.75, 3.05) is 23.9 Å². The first kappa shape index (κ1) is 21.7. The summed E-state index contributed by atoms with van der Waals surface area (Å²) in [5.41, 5.74) is 0.912. The number of nitrogens with one attached hydrogen (secondary N) is 1. The number of anilines is 2. The second-order valence-electron chi connectivity index (χ2n) is 9.45. The molecule has 0 bridgehead atoms. The molecule has 180 valence electrons. The van der Waals surface area contributed by atoms with E-state index >= 15 is 0 Å². The van der Waals surface area contributed by atoms with Crippen molar-refractivity contribution >= 4 is 34.8 Å². The summed E-state index contributed by atoms with van der Waals surface area (Å²) >= 11 is 0. The predicted octanol–water partition coefficient (Wildman–Crippen LogP) is 2.60. The van der Waals surface area contributed by atoms with Crippen LogP contribution in [0.4, 0.5) is 17.1 Å². The Morgan fingerprint density at radius 3 is 2.71 bits per heavy atom. The molecule has 2 aromatic carbocycles. The standard InChI is InChI=1S/C25H24N4O6/c1-3-13-6-4-7-15-21(13)26-24(32)25(15)20-19(16-8-5-11-27(16)25)22(30)28(23(20)31)17-12-14(29(33)34)9-10-18(17)35-2/h4,6-7,9-10,12,16,19-20H,3,5,8,11H2,1-2H3,(H,26,32). The first-order chi connectivity index (χ1) is 16.9. The van der Waals surface area contributed by atoms with Crippen molar-refractivity contribution in [3.63, 3.8) is 0 Å². The summed E-state index contributed by atoms with van der Waals surface area (Å²) in [4.78, 5) is 55.8. The van der Waals surface area contributed by atoms with Gasteiger partial charge in [-0.3, -0.25) is 29.4 Å². The molecule has 0 saturated carbocycles. The zero-order valence-corrected chi connectivity index (χ0v) is 19.3. The number of nitro benzene ring substituents is 1. The number of amides is 3. The van der Waals surface area contributed by atoms with Crippen molar-refractivity contribution in [3.8, 4) is 5.75 Å². The van der Waals surface area contributed by atoms with Crippen LogP contribution in [0.2, 0.25) is 0 Å². The van der Waals surface area contributed by atoms with Crippen LogP contribution >= 0.6 is 0 Å². The maximum atomic E-state index is 14.1. The minimum Gasteiger partial charge on any atom is -0.495 e. The highest BCUT2D eigenvalue weighted by atomic mass is 16.6. The predicted molar refractivity (Wildman–Crippen MR) is 125 cm³/mol. The Kier molecular flexibility index (Phi) is 4.56. The van der Waals surface area contributed by atoms with Gasteiger partial charge in [0.2, 0.25) is 17.7 Å². The number of ether oxygens (including phenoxy) is 1. The molecule has 0 aromatic heterocycles. The summed E-state index contributed by atoms with van der Waals surface area (Å²) in [5.74, 6) is -2.74. The number of hydrogen-bond acceptors (Lipinski definition) is 7. The SMILES string of the molecule is CCc1cccc2c1NC(=O)C21C2C(=O)N(c3cc([N+](=O)[O-])ccc3OC)C(=O)C2C2CCCN21. The average molecular weight is 476 g/mol. The smallest absolute Gasteiger partial charge is 0.271 e. The van der Waals surface area contributed by atoms with E-state index in [2.05, 4.69) is 10.2 Å². The van der Waals surface area contributed by atoms with Gasteiger partial charge in [-0.05, 0) is 37.4 Å². The highest BCUT2D eigenvalue weighted by Gasteiger charge is 2.74. The van der Waals surface area contributed by atoms with Gasteiger partial charge in [0.15, 0.2) is 0 Å². The van der Waals surface area contributed by atoms with E-state index in [1.165, 1.54) is 25.3 Å². The van der Waals surface area contributed by atoms with Crippen molar-refractivity contribution in [1.82, 2.24) is 4.90 Å². The van der Waals surface area contributed by atoms with Crippen LogP contribution in [0.3, 0.4) is 0 Å². The fourth-order valence-electron chi connectivity index (χ4n) is 6.79. The summed E-state index contributed by atoms with van der Waals surface area (Å²) in [6, 6.07) is 9.28. The van der Waals surface area contributed by atoms with Crippen molar-refractivity contribution in [1.29, 1.82) is 0 Å². The summed E-state index contributed by atoms with van der Waals surface area (Å²) < 4.78 is 5.36. The van der Waals surface area contributed by atoms with E-state index in [0.29, 0.717) is 19.4 Å². The number of carbonyl (C=O) groups is 3. The number of nitro groups is 1. The van der Waals surface area contributed by atoms with Gasteiger partial charge in [-0.25, -0.2) is 4.90 Å². The van der Waals surface area contributed by atoms with Gasteiger partial charge in [-0.1, -0.05) is 25.1 Å². The number of fused-ring (bicyclic) bond motifs is 7. The number of aryl methyl sites for hydroxylation is 1.